The van der Waals surface area contributed by atoms with Gasteiger partial charge >= 0.3 is 5.97 Å². The summed E-state index contributed by atoms with van der Waals surface area (Å²) in [6, 6.07) is -0.695. The molecule has 1 saturated heterocycles. The molecule has 0 aromatic heterocycles. The molecule has 1 aliphatic rings. The number of carbonyl (C=O) groups is 1. The van der Waals surface area contributed by atoms with Crippen LogP contribution in [0, 0.1) is 12.3 Å². The second-order valence-corrected chi connectivity index (χ2v) is 8.54. The van der Waals surface area contributed by atoms with Crippen LogP contribution < -0.4 is 0 Å². The lowest BCUT2D eigenvalue weighted by molar-refractivity contribution is -0.136. The molecule has 1 fully saturated rings. The molecule has 108 valence electrons. The van der Waals surface area contributed by atoms with E-state index in [2.05, 4.69) is 5.92 Å². The first-order valence-electron chi connectivity index (χ1n) is 5.53. The van der Waals surface area contributed by atoms with Gasteiger partial charge in [0, 0.05) is 6.04 Å². The van der Waals surface area contributed by atoms with Gasteiger partial charge in [0.2, 0.25) is 10.0 Å². The SMILES string of the molecule is C#CCN(C1CCS(=O)(=O)C1)S(=O)(=O)CCC(=O)O. The smallest absolute Gasteiger partial charge is 0.304 e. The van der Waals surface area contributed by atoms with Crippen molar-refractivity contribution in [1.29, 1.82) is 0 Å². The monoisotopic (exact) mass is 309 g/mol. The minimum atomic E-state index is -3.87. The average molecular weight is 309 g/mol. The minimum absolute atomic E-state index is 0.0762. The highest BCUT2D eigenvalue weighted by molar-refractivity contribution is 7.92. The summed E-state index contributed by atoms with van der Waals surface area (Å²) in [4.78, 5) is 10.4. The van der Waals surface area contributed by atoms with E-state index in [0.717, 1.165) is 4.31 Å². The van der Waals surface area contributed by atoms with Gasteiger partial charge in [0.25, 0.3) is 0 Å². The molecule has 1 aliphatic heterocycles. The Balaban J connectivity index is 2.89. The summed E-state index contributed by atoms with van der Waals surface area (Å²) in [5, 5.41) is 8.52. The van der Waals surface area contributed by atoms with E-state index in [4.69, 9.17) is 11.5 Å². The highest BCUT2D eigenvalue weighted by Gasteiger charge is 2.37. The molecule has 0 aromatic carbocycles. The van der Waals surface area contributed by atoms with Gasteiger partial charge in [-0.15, -0.1) is 6.42 Å². The van der Waals surface area contributed by atoms with E-state index in [9.17, 15) is 21.6 Å². The topological polar surface area (TPSA) is 109 Å². The van der Waals surface area contributed by atoms with Crippen LogP contribution in [0.15, 0.2) is 0 Å². The number of nitrogens with zero attached hydrogens (tertiary/aromatic N) is 1. The van der Waals surface area contributed by atoms with E-state index in [-0.39, 0.29) is 24.5 Å². The van der Waals surface area contributed by atoms with Crippen molar-refractivity contribution in [3.05, 3.63) is 0 Å². The fraction of sp³-hybridized carbons (Fsp3) is 0.700. The molecule has 19 heavy (non-hydrogen) atoms. The number of sulfone groups is 1. The maximum absolute atomic E-state index is 12.0. The summed E-state index contributed by atoms with van der Waals surface area (Å²) in [6.07, 6.45) is 4.75. The van der Waals surface area contributed by atoms with Crippen molar-refractivity contribution >= 4 is 25.8 Å². The number of sulfonamides is 1. The first kappa shape index (κ1) is 15.9. The molecule has 1 unspecified atom stereocenters. The van der Waals surface area contributed by atoms with Crippen LogP contribution in [-0.4, -0.2) is 62.1 Å². The Morgan fingerprint density at radius 1 is 1.47 bits per heavy atom. The number of hydrogen-bond donors (Lipinski definition) is 1. The molecule has 0 saturated carbocycles. The minimum Gasteiger partial charge on any atom is -0.481 e. The quantitative estimate of drug-likeness (QED) is 0.625. The van der Waals surface area contributed by atoms with Gasteiger partial charge in [-0.3, -0.25) is 4.79 Å². The predicted molar refractivity (Wildman–Crippen MR) is 68.6 cm³/mol. The van der Waals surface area contributed by atoms with Crippen molar-refractivity contribution in [2.75, 3.05) is 23.8 Å². The van der Waals surface area contributed by atoms with E-state index in [1.165, 1.54) is 0 Å². The zero-order chi connectivity index (χ0) is 14.7. The lowest BCUT2D eigenvalue weighted by Crippen LogP contribution is -2.42. The van der Waals surface area contributed by atoms with Crippen LogP contribution in [0.25, 0.3) is 0 Å². The maximum Gasteiger partial charge on any atom is 0.304 e. The van der Waals surface area contributed by atoms with Crippen LogP contribution >= 0.6 is 0 Å². The van der Waals surface area contributed by atoms with Crippen molar-refractivity contribution in [2.24, 2.45) is 0 Å². The first-order valence-corrected chi connectivity index (χ1v) is 8.96. The summed E-state index contributed by atoms with van der Waals surface area (Å²) in [7, 11) is -7.11. The molecular weight excluding hydrogens is 294 g/mol. The molecule has 1 heterocycles. The fourth-order valence-corrected chi connectivity index (χ4v) is 5.28. The maximum atomic E-state index is 12.0. The lowest BCUT2D eigenvalue weighted by atomic mass is 10.3. The van der Waals surface area contributed by atoms with E-state index < -0.39 is 44.0 Å². The van der Waals surface area contributed by atoms with Crippen molar-refractivity contribution in [3.8, 4) is 12.3 Å². The van der Waals surface area contributed by atoms with Crippen molar-refractivity contribution < 1.29 is 26.7 Å². The Bertz CT molecular complexity index is 586. The van der Waals surface area contributed by atoms with Crippen molar-refractivity contribution in [2.45, 2.75) is 18.9 Å². The Morgan fingerprint density at radius 3 is 2.53 bits per heavy atom. The number of terminal acetylenes is 1. The molecule has 1 N–H and O–H groups in total. The van der Waals surface area contributed by atoms with Gasteiger partial charge in [-0.05, 0) is 6.42 Å². The van der Waals surface area contributed by atoms with Crippen LogP contribution in [0.3, 0.4) is 0 Å². The summed E-state index contributed by atoms with van der Waals surface area (Å²) in [5.74, 6) is 0.0153. The number of carboxylic acid groups (broad SMARTS) is 1. The summed E-state index contributed by atoms with van der Waals surface area (Å²) >= 11 is 0. The normalized spacial score (nSPS) is 22.2. The van der Waals surface area contributed by atoms with Crippen molar-refractivity contribution in [3.63, 3.8) is 0 Å². The third kappa shape index (κ3) is 4.49. The third-order valence-electron chi connectivity index (χ3n) is 2.79. The average Bonchev–Trinajstić information content (AvgIpc) is 2.63. The van der Waals surface area contributed by atoms with Crippen LogP contribution in [-0.2, 0) is 24.7 Å². The van der Waals surface area contributed by atoms with Gasteiger partial charge in [0.1, 0.15) is 0 Å². The van der Waals surface area contributed by atoms with Gasteiger partial charge in [-0.25, -0.2) is 16.8 Å². The highest BCUT2D eigenvalue weighted by atomic mass is 32.2. The first-order chi connectivity index (χ1) is 8.68. The van der Waals surface area contributed by atoms with Crippen LogP contribution in [0.4, 0.5) is 0 Å². The van der Waals surface area contributed by atoms with E-state index in [1.54, 1.807) is 0 Å². The molecule has 9 heteroatoms. The molecule has 0 aliphatic carbocycles. The van der Waals surface area contributed by atoms with Crippen LogP contribution in [0.2, 0.25) is 0 Å². The number of rotatable bonds is 6. The molecule has 7 nitrogen and oxygen atoms in total. The Labute approximate surface area is 112 Å². The predicted octanol–water partition coefficient (Wildman–Crippen LogP) is -1.09. The summed E-state index contributed by atoms with van der Waals surface area (Å²) in [5.41, 5.74) is 0. The van der Waals surface area contributed by atoms with E-state index >= 15 is 0 Å². The van der Waals surface area contributed by atoms with Crippen molar-refractivity contribution in [1.82, 2.24) is 4.31 Å². The number of hydrogen-bond acceptors (Lipinski definition) is 5. The Kier molecular flexibility index (Phi) is 4.95. The fourth-order valence-electron chi connectivity index (χ4n) is 1.88. The molecule has 1 rings (SSSR count). The van der Waals surface area contributed by atoms with E-state index in [1.807, 2.05) is 0 Å². The lowest BCUT2D eigenvalue weighted by Gasteiger charge is -2.24. The number of aliphatic carboxylic acids is 1. The summed E-state index contributed by atoms with van der Waals surface area (Å²) < 4.78 is 47.7. The third-order valence-corrected chi connectivity index (χ3v) is 6.41. The van der Waals surface area contributed by atoms with Gasteiger partial charge in [0.15, 0.2) is 9.84 Å². The van der Waals surface area contributed by atoms with Gasteiger partial charge < -0.3 is 5.11 Å². The molecule has 0 bridgehead atoms. The van der Waals surface area contributed by atoms with Crippen LogP contribution in [0.5, 0.6) is 0 Å². The zero-order valence-electron chi connectivity index (χ0n) is 10.1. The summed E-state index contributed by atoms with van der Waals surface area (Å²) in [6.45, 7) is -0.248. The molecule has 1 atom stereocenters. The Hall–Kier alpha value is -1.11. The number of carboxylic acids is 1. The molecule has 0 radical (unpaired) electrons. The van der Waals surface area contributed by atoms with Crippen LogP contribution in [0.1, 0.15) is 12.8 Å². The largest absolute Gasteiger partial charge is 0.481 e. The van der Waals surface area contributed by atoms with Gasteiger partial charge in [0.05, 0.1) is 30.2 Å². The molecule has 0 aromatic rings. The molecule has 0 amide bonds. The molecular formula is C10H15NO6S2. The van der Waals surface area contributed by atoms with Gasteiger partial charge in [-0.1, -0.05) is 5.92 Å². The Morgan fingerprint density at radius 2 is 2.11 bits per heavy atom. The zero-order valence-corrected chi connectivity index (χ0v) is 11.8. The standard InChI is InChI=1S/C10H15NO6S2/c1-2-5-11(9-3-6-18(14,15)8-9)19(16,17)7-4-10(12)13/h1,9H,3-8H2,(H,12,13). The van der Waals surface area contributed by atoms with E-state index in [0.29, 0.717) is 0 Å². The molecule has 0 spiro atoms. The van der Waals surface area contributed by atoms with Gasteiger partial charge in [-0.2, -0.15) is 4.31 Å². The second kappa shape index (κ2) is 5.90. The second-order valence-electron chi connectivity index (χ2n) is 4.27. The highest BCUT2D eigenvalue weighted by Crippen LogP contribution is 2.21.